The van der Waals surface area contributed by atoms with Gasteiger partial charge in [-0.3, -0.25) is 4.79 Å². The van der Waals surface area contributed by atoms with Crippen LogP contribution < -0.4 is 15.2 Å². The summed E-state index contributed by atoms with van der Waals surface area (Å²) in [6.07, 6.45) is 0. The maximum Gasteiger partial charge on any atom is 0.327 e. The topological polar surface area (TPSA) is 70.8 Å². The van der Waals surface area contributed by atoms with Crippen LogP contribution in [0.3, 0.4) is 0 Å². The molecule has 0 aliphatic heterocycles. The highest BCUT2D eigenvalue weighted by Crippen LogP contribution is 2.28. The molecule has 0 saturated heterocycles. The molecule has 6 heteroatoms. The lowest BCUT2D eigenvalue weighted by molar-refractivity contribution is -0.142. The molecule has 0 aromatic heterocycles. The van der Waals surface area contributed by atoms with E-state index in [4.69, 9.17) is 15.2 Å². The van der Waals surface area contributed by atoms with Crippen LogP contribution in [0.2, 0.25) is 0 Å². The normalized spacial score (nSPS) is 11.1. The van der Waals surface area contributed by atoms with E-state index in [1.54, 1.807) is 25.3 Å². The summed E-state index contributed by atoms with van der Waals surface area (Å²) in [6.45, 7) is 0. The molecule has 0 unspecified atom stereocenters. The minimum atomic E-state index is -0.856. The number of hydrogen-bond donors (Lipinski definition) is 1. The van der Waals surface area contributed by atoms with Gasteiger partial charge in [-0.05, 0) is 12.1 Å². The molecule has 0 spiro atoms. The number of halogens is 1. The van der Waals surface area contributed by atoms with Crippen LogP contribution in [0.4, 0.5) is 0 Å². The lowest BCUT2D eigenvalue weighted by Crippen LogP contribution is -2.23. The first kappa shape index (κ1) is 15.5. The zero-order chi connectivity index (χ0) is 12.1. The number of nitrogens with two attached hydrogens (primary N) is 1. The largest absolute Gasteiger partial charge is 0.497 e. The van der Waals surface area contributed by atoms with Crippen molar-refractivity contribution in [2.45, 2.75) is 6.04 Å². The fourth-order valence-electron chi connectivity index (χ4n) is 1.33. The number of rotatable bonds is 4. The number of ether oxygens (including phenoxy) is 3. The molecule has 1 rings (SSSR count). The number of carbonyl (C=O) groups excluding carboxylic acids is 1. The zero-order valence-corrected chi connectivity index (χ0v) is 10.7. The highest BCUT2D eigenvalue weighted by Gasteiger charge is 2.20. The van der Waals surface area contributed by atoms with E-state index in [-0.39, 0.29) is 12.4 Å². The summed E-state index contributed by atoms with van der Waals surface area (Å²) in [6, 6.07) is 4.20. The van der Waals surface area contributed by atoms with Gasteiger partial charge in [0.1, 0.15) is 17.5 Å². The molecule has 0 fully saturated rings. The Morgan fingerprint density at radius 1 is 1.24 bits per heavy atom. The smallest absolute Gasteiger partial charge is 0.327 e. The summed E-state index contributed by atoms with van der Waals surface area (Å²) in [7, 11) is 4.34. The van der Waals surface area contributed by atoms with Gasteiger partial charge >= 0.3 is 5.97 Å². The first-order valence-corrected chi connectivity index (χ1v) is 4.69. The molecule has 0 radical (unpaired) electrons. The van der Waals surface area contributed by atoms with E-state index in [1.807, 2.05) is 0 Å². The van der Waals surface area contributed by atoms with E-state index in [9.17, 15) is 4.79 Å². The van der Waals surface area contributed by atoms with E-state index < -0.39 is 12.0 Å². The van der Waals surface area contributed by atoms with Gasteiger partial charge in [0.05, 0.1) is 21.3 Å². The molecule has 2 N–H and O–H groups in total. The predicted octanol–water partition coefficient (Wildman–Crippen LogP) is 1.30. The minimum Gasteiger partial charge on any atom is -0.497 e. The van der Waals surface area contributed by atoms with Crippen LogP contribution in [0, 0.1) is 0 Å². The van der Waals surface area contributed by atoms with Crippen LogP contribution in [0.1, 0.15) is 11.6 Å². The average molecular weight is 262 g/mol. The molecule has 5 nitrogen and oxygen atoms in total. The van der Waals surface area contributed by atoms with Crippen LogP contribution in [0.15, 0.2) is 18.2 Å². The maximum absolute atomic E-state index is 11.3. The van der Waals surface area contributed by atoms with Gasteiger partial charge < -0.3 is 19.9 Å². The van der Waals surface area contributed by atoms with E-state index >= 15 is 0 Å². The fourth-order valence-corrected chi connectivity index (χ4v) is 1.33. The Hall–Kier alpha value is -1.46. The van der Waals surface area contributed by atoms with Gasteiger partial charge in [-0.2, -0.15) is 0 Å². The molecule has 17 heavy (non-hydrogen) atoms. The molecule has 96 valence electrons. The van der Waals surface area contributed by atoms with Crippen molar-refractivity contribution < 1.29 is 19.0 Å². The highest BCUT2D eigenvalue weighted by atomic mass is 35.5. The van der Waals surface area contributed by atoms with E-state index in [0.29, 0.717) is 17.1 Å². The Kier molecular flexibility index (Phi) is 6.38. The quantitative estimate of drug-likeness (QED) is 0.827. The second kappa shape index (κ2) is 6.98. The van der Waals surface area contributed by atoms with Crippen molar-refractivity contribution in [2.24, 2.45) is 5.73 Å². The molecule has 0 heterocycles. The van der Waals surface area contributed by atoms with Gasteiger partial charge in [0, 0.05) is 11.6 Å². The predicted molar refractivity (Wildman–Crippen MR) is 65.7 cm³/mol. The molecule has 0 aliphatic carbocycles. The summed E-state index contributed by atoms with van der Waals surface area (Å²) < 4.78 is 14.7. The van der Waals surface area contributed by atoms with Crippen molar-refractivity contribution in [3.05, 3.63) is 23.8 Å². The standard InChI is InChI=1S/C11H15NO4.ClH/c1-14-7-4-5-8(9(6-7)15-2)10(12)11(13)16-3;/h4-6,10H,12H2,1-3H3;1H/t10-;/m1./s1. The Bertz CT molecular complexity index is 384. The molecule has 1 aromatic rings. The number of methoxy groups -OCH3 is 3. The summed E-state index contributed by atoms with van der Waals surface area (Å²) in [5.74, 6) is 0.624. The van der Waals surface area contributed by atoms with E-state index in [2.05, 4.69) is 4.74 Å². The van der Waals surface area contributed by atoms with Crippen LogP contribution in [-0.4, -0.2) is 27.3 Å². The second-order valence-electron chi connectivity index (χ2n) is 3.11. The van der Waals surface area contributed by atoms with Crippen molar-refractivity contribution in [1.82, 2.24) is 0 Å². The molecule has 1 aromatic carbocycles. The number of benzene rings is 1. The summed E-state index contributed by atoms with van der Waals surface area (Å²) >= 11 is 0. The van der Waals surface area contributed by atoms with Gasteiger partial charge in [-0.1, -0.05) is 0 Å². The van der Waals surface area contributed by atoms with Crippen molar-refractivity contribution in [1.29, 1.82) is 0 Å². The first-order chi connectivity index (χ1) is 7.63. The van der Waals surface area contributed by atoms with Crippen LogP contribution in [0.5, 0.6) is 11.5 Å². The van der Waals surface area contributed by atoms with Gasteiger partial charge in [0.25, 0.3) is 0 Å². The van der Waals surface area contributed by atoms with Gasteiger partial charge in [0.15, 0.2) is 0 Å². The van der Waals surface area contributed by atoms with Crippen molar-refractivity contribution in [2.75, 3.05) is 21.3 Å². The minimum absolute atomic E-state index is 0. The third-order valence-corrected chi connectivity index (χ3v) is 2.23. The monoisotopic (exact) mass is 261 g/mol. The molecular weight excluding hydrogens is 246 g/mol. The van der Waals surface area contributed by atoms with Gasteiger partial charge in [-0.25, -0.2) is 0 Å². The fraction of sp³-hybridized carbons (Fsp3) is 0.364. The van der Waals surface area contributed by atoms with Crippen molar-refractivity contribution in [3.63, 3.8) is 0 Å². The van der Waals surface area contributed by atoms with Crippen LogP contribution in [0.25, 0.3) is 0 Å². The third-order valence-electron chi connectivity index (χ3n) is 2.23. The Morgan fingerprint density at radius 2 is 1.88 bits per heavy atom. The number of esters is 1. The van der Waals surface area contributed by atoms with Crippen LogP contribution >= 0.6 is 12.4 Å². The van der Waals surface area contributed by atoms with Gasteiger partial charge in [0.2, 0.25) is 0 Å². The second-order valence-corrected chi connectivity index (χ2v) is 3.11. The highest BCUT2D eigenvalue weighted by molar-refractivity contribution is 5.85. The zero-order valence-electron chi connectivity index (χ0n) is 9.93. The summed E-state index contributed by atoms with van der Waals surface area (Å²) in [5, 5.41) is 0. The van der Waals surface area contributed by atoms with E-state index in [0.717, 1.165) is 0 Å². The lowest BCUT2D eigenvalue weighted by Gasteiger charge is -2.14. The van der Waals surface area contributed by atoms with Crippen LogP contribution in [-0.2, 0) is 9.53 Å². The molecular formula is C11H16ClNO4. The summed E-state index contributed by atoms with van der Waals surface area (Å²) in [5.41, 5.74) is 6.29. The molecule has 0 bridgehead atoms. The lowest BCUT2D eigenvalue weighted by atomic mass is 10.1. The Morgan fingerprint density at radius 3 is 2.35 bits per heavy atom. The average Bonchev–Trinajstić information content (AvgIpc) is 2.35. The number of hydrogen-bond acceptors (Lipinski definition) is 5. The molecule has 0 amide bonds. The molecule has 0 aliphatic rings. The van der Waals surface area contributed by atoms with Crippen molar-refractivity contribution in [3.8, 4) is 11.5 Å². The summed E-state index contributed by atoms with van der Waals surface area (Å²) in [4.78, 5) is 11.3. The van der Waals surface area contributed by atoms with Gasteiger partial charge in [-0.15, -0.1) is 12.4 Å². The molecule has 0 saturated carbocycles. The number of carbonyl (C=O) groups is 1. The Labute approximate surface area is 106 Å². The van der Waals surface area contributed by atoms with Crippen molar-refractivity contribution >= 4 is 18.4 Å². The van der Waals surface area contributed by atoms with E-state index in [1.165, 1.54) is 14.2 Å². The third kappa shape index (κ3) is 3.51. The first-order valence-electron chi connectivity index (χ1n) is 4.69. The molecule has 1 atom stereocenters. The maximum atomic E-state index is 11.3. The Balaban J connectivity index is 0.00000256. The SMILES string of the molecule is COC(=O)[C@H](N)c1ccc(OC)cc1OC.Cl.